The van der Waals surface area contributed by atoms with E-state index < -0.39 is 18.2 Å². The number of aryl methyl sites for hydroxylation is 1. The quantitative estimate of drug-likeness (QED) is 0.748. The van der Waals surface area contributed by atoms with Crippen LogP contribution in [0.4, 0.5) is 0 Å². The van der Waals surface area contributed by atoms with Crippen LogP contribution >= 0.6 is 11.6 Å². The normalized spacial score (nSPS) is 28.3. The molecule has 0 radical (unpaired) electrons. The van der Waals surface area contributed by atoms with Crippen LogP contribution in [0.5, 0.6) is 5.75 Å². The minimum atomic E-state index is -0.935. The molecule has 6 nitrogen and oxygen atoms in total. The molecule has 4 atom stereocenters. The Hall–Kier alpha value is -1.79. The van der Waals surface area contributed by atoms with Crippen LogP contribution in [0.15, 0.2) is 12.1 Å². The van der Waals surface area contributed by atoms with E-state index in [0.29, 0.717) is 30.0 Å². The highest BCUT2D eigenvalue weighted by molar-refractivity contribution is 6.32. The van der Waals surface area contributed by atoms with E-state index in [4.69, 9.17) is 11.6 Å². The molecule has 2 aliphatic rings. The van der Waals surface area contributed by atoms with Crippen molar-refractivity contribution in [2.45, 2.75) is 50.8 Å². The Morgan fingerprint density at radius 1 is 1.38 bits per heavy atom. The summed E-state index contributed by atoms with van der Waals surface area (Å²) in [5, 5.41) is 23.0. The van der Waals surface area contributed by atoms with Gasteiger partial charge < -0.3 is 20.4 Å². The highest BCUT2D eigenvalue weighted by Crippen LogP contribution is 2.42. The molecule has 7 heteroatoms. The number of fused-ring (bicyclic) bond motifs is 1. The molecular formula is C17H21ClN2O4. The van der Waals surface area contributed by atoms with E-state index in [1.54, 1.807) is 12.1 Å². The molecule has 1 aromatic carbocycles. The Balaban J connectivity index is 1.87. The van der Waals surface area contributed by atoms with Crippen molar-refractivity contribution < 1.29 is 19.8 Å². The number of carbonyl (C=O) groups excluding carboxylic acids is 2. The van der Waals surface area contributed by atoms with E-state index in [-0.39, 0.29) is 23.5 Å². The van der Waals surface area contributed by atoms with Gasteiger partial charge in [0.05, 0.1) is 11.1 Å². The number of halogens is 1. The lowest BCUT2D eigenvalue weighted by molar-refractivity contribution is -0.154. The lowest BCUT2D eigenvalue weighted by atomic mass is 9.82. The third kappa shape index (κ3) is 2.74. The van der Waals surface area contributed by atoms with Gasteiger partial charge in [-0.2, -0.15) is 0 Å². The number of amides is 2. The first-order valence-electron chi connectivity index (χ1n) is 8.08. The van der Waals surface area contributed by atoms with E-state index in [1.165, 1.54) is 11.8 Å². The number of hydrogen-bond acceptors (Lipinski definition) is 4. The molecule has 2 fully saturated rings. The van der Waals surface area contributed by atoms with Gasteiger partial charge in [0.1, 0.15) is 17.8 Å². The average Bonchev–Trinajstić information content (AvgIpc) is 2.54. The molecule has 3 rings (SSSR count). The molecule has 2 heterocycles. The number of aromatic hydroxyl groups is 1. The number of piperazine rings is 1. The fourth-order valence-electron chi connectivity index (χ4n) is 3.64. The SMILES string of the molecule is Cc1ccc(O)c([C@H]2CCN3C(=O)[C@@H]([C@H](C)O)NC(=O)[C@H]3C2)c1Cl. The third-order valence-corrected chi connectivity index (χ3v) is 5.49. The second-order valence-electron chi connectivity index (χ2n) is 6.62. The zero-order valence-electron chi connectivity index (χ0n) is 13.6. The molecule has 2 saturated heterocycles. The smallest absolute Gasteiger partial charge is 0.248 e. The first-order valence-corrected chi connectivity index (χ1v) is 8.46. The summed E-state index contributed by atoms with van der Waals surface area (Å²) in [5.41, 5.74) is 1.51. The van der Waals surface area contributed by atoms with Gasteiger partial charge in [-0.25, -0.2) is 0 Å². The number of aliphatic hydroxyl groups is 1. The third-order valence-electron chi connectivity index (χ3n) is 4.99. The van der Waals surface area contributed by atoms with Crippen molar-refractivity contribution in [3.8, 4) is 5.75 Å². The second kappa shape index (κ2) is 6.26. The van der Waals surface area contributed by atoms with Crippen LogP contribution in [0.2, 0.25) is 5.02 Å². The molecule has 0 spiro atoms. The van der Waals surface area contributed by atoms with Crippen LogP contribution in [0, 0.1) is 6.92 Å². The Morgan fingerprint density at radius 2 is 2.08 bits per heavy atom. The number of carbonyl (C=O) groups is 2. The summed E-state index contributed by atoms with van der Waals surface area (Å²) in [5.74, 6) is -0.505. The maximum absolute atomic E-state index is 12.5. The summed E-state index contributed by atoms with van der Waals surface area (Å²) >= 11 is 6.36. The lowest BCUT2D eigenvalue weighted by Gasteiger charge is -2.44. The van der Waals surface area contributed by atoms with Crippen molar-refractivity contribution in [3.63, 3.8) is 0 Å². The van der Waals surface area contributed by atoms with Crippen molar-refractivity contribution in [1.29, 1.82) is 0 Å². The van der Waals surface area contributed by atoms with Crippen molar-refractivity contribution in [2.75, 3.05) is 6.54 Å². The van der Waals surface area contributed by atoms with Gasteiger partial charge in [-0.15, -0.1) is 0 Å². The number of hydrogen-bond donors (Lipinski definition) is 3. The predicted molar refractivity (Wildman–Crippen MR) is 88.9 cm³/mol. The molecule has 0 unspecified atom stereocenters. The number of phenolic OH excluding ortho intramolecular Hbond substituents is 1. The summed E-state index contributed by atoms with van der Waals surface area (Å²) in [6.45, 7) is 3.75. The molecule has 24 heavy (non-hydrogen) atoms. The van der Waals surface area contributed by atoms with E-state index in [0.717, 1.165) is 5.56 Å². The largest absolute Gasteiger partial charge is 0.508 e. The number of rotatable bonds is 2. The molecule has 1 aromatic rings. The minimum Gasteiger partial charge on any atom is -0.508 e. The Bertz CT molecular complexity index is 691. The van der Waals surface area contributed by atoms with Crippen molar-refractivity contribution in [2.24, 2.45) is 0 Å². The zero-order chi connectivity index (χ0) is 17.6. The fraction of sp³-hybridized carbons (Fsp3) is 0.529. The molecule has 2 aliphatic heterocycles. The number of aliphatic hydroxyl groups excluding tert-OH is 1. The van der Waals surface area contributed by atoms with Gasteiger partial charge in [0.25, 0.3) is 0 Å². The van der Waals surface area contributed by atoms with E-state index in [1.807, 2.05) is 6.92 Å². The van der Waals surface area contributed by atoms with Crippen molar-refractivity contribution in [1.82, 2.24) is 10.2 Å². The summed E-state index contributed by atoms with van der Waals surface area (Å²) in [7, 11) is 0. The zero-order valence-corrected chi connectivity index (χ0v) is 14.4. The maximum Gasteiger partial charge on any atom is 0.248 e. The number of piperidine rings is 1. The van der Waals surface area contributed by atoms with Crippen LogP contribution in [-0.2, 0) is 9.59 Å². The highest BCUT2D eigenvalue weighted by Gasteiger charge is 2.45. The number of phenols is 1. The van der Waals surface area contributed by atoms with Crippen LogP contribution in [-0.4, -0.2) is 51.7 Å². The van der Waals surface area contributed by atoms with Gasteiger partial charge in [0, 0.05) is 12.1 Å². The van der Waals surface area contributed by atoms with Gasteiger partial charge in [0.15, 0.2) is 0 Å². The van der Waals surface area contributed by atoms with E-state index in [9.17, 15) is 19.8 Å². The molecule has 0 saturated carbocycles. The monoisotopic (exact) mass is 352 g/mol. The second-order valence-corrected chi connectivity index (χ2v) is 7.00. The summed E-state index contributed by atoms with van der Waals surface area (Å²) in [4.78, 5) is 26.4. The minimum absolute atomic E-state index is 0.0969. The first kappa shape index (κ1) is 17.0. The lowest BCUT2D eigenvalue weighted by Crippen LogP contribution is -2.67. The maximum atomic E-state index is 12.5. The van der Waals surface area contributed by atoms with Gasteiger partial charge in [-0.3, -0.25) is 9.59 Å². The Labute approximate surface area is 145 Å². The number of nitrogens with zero attached hydrogens (tertiary/aromatic N) is 1. The molecular weight excluding hydrogens is 332 g/mol. The average molecular weight is 353 g/mol. The topological polar surface area (TPSA) is 89.9 Å². The number of benzene rings is 1. The van der Waals surface area contributed by atoms with Crippen LogP contribution < -0.4 is 5.32 Å². The summed E-state index contributed by atoms with van der Waals surface area (Å²) in [6.07, 6.45) is 0.0787. The predicted octanol–water partition coefficient (Wildman–Crippen LogP) is 1.31. The van der Waals surface area contributed by atoms with Crippen LogP contribution in [0.3, 0.4) is 0 Å². The molecule has 2 amide bonds. The molecule has 0 aliphatic carbocycles. The van der Waals surface area contributed by atoms with Crippen molar-refractivity contribution >= 4 is 23.4 Å². The standard InChI is InChI=1S/C17H21ClN2O4/c1-8-3-4-12(22)13(14(8)18)10-5-6-20-11(7-10)16(23)19-15(9(2)21)17(20)24/h3-4,9-11,15,21-22H,5-7H2,1-2H3,(H,19,23)/t9-,10-,11+,15+/m0/s1. The van der Waals surface area contributed by atoms with E-state index >= 15 is 0 Å². The van der Waals surface area contributed by atoms with Crippen LogP contribution in [0.1, 0.15) is 36.8 Å². The first-order chi connectivity index (χ1) is 11.3. The molecule has 0 bridgehead atoms. The van der Waals surface area contributed by atoms with Gasteiger partial charge in [-0.05, 0) is 44.2 Å². The summed E-state index contributed by atoms with van der Waals surface area (Å²) in [6, 6.07) is 1.88. The number of nitrogens with one attached hydrogen (secondary N) is 1. The van der Waals surface area contributed by atoms with Crippen molar-refractivity contribution in [3.05, 3.63) is 28.3 Å². The van der Waals surface area contributed by atoms with Crippen LogP contribution in [0.25, 0.3) is 0 Å². The Kier molecular flexibility index (Phi) is 4.44. The molecule has 130 valence electrons. The van der Waals surface area contributed by atoms with E-state index in [2.05, 4.69) is 5.32 Å². The highest BCUT2D eigenvalue weighted by atomic mass is 35.5. The van der Waals surface area contributed by atoms with Gasteiger partial charge in [0.2, 0.25) is 11.8 Å². The molecule has 0 aromatic heterocycles. The fourth-order valence-corrected chi connectivity index (χ4v) is 3.95. The summed E-state index contributed by atoms with van der Waals surface area (Å²) < 4.78 is 0. The van der Waals surface area contributed by atoms with Gasteiger partial charge >= 0.3 is 0 Å². The Morgan fingerprint density at radius 3 is 2.75 bits per heavy atom. The molecule has 3 N–H and O–H groups in total. The van der Waals surface area contributed by atoms with Gasteiger partial charge in [-0.1, -0.05) is 17.7 Å².